The third-order valence-electron chi connectivity index (χ3n) is 6.39. The van der Waals surface area contributed by atoms with Crippen LogP contribution in [0.25, 0.3) is 0 Å². The Kier molecular flexibility index (Phi) is 4.96. The van der Waals surface area contributed by atoms with E-state index in [1.807, 2.05) is 30.0 Å². The Balaban J connectivity index is 1.46. The van der Waals surface area contributed by atoms with E-state index in [0.29, 0.717) is 57.9 Å². The van der Waals surface area contributed by atoms with E-state index in [1.54, 1.807) is 0 Å². The maximum atomic E-state index is 13.2. The molecule has 0 bridgehead atoms. The van der Waals surface area contributed by atoms with Crippen LogP contribution in [0.2, 0.25) is 0 Å². The van der Waals surface area contributed by atoms with E-state index < -0.39 is 11.2 Å². The first-order valence-electron chi connectivity index (χ1n) is 10.4. The van der Waals surface area contributed by atoms with Crippen molar-refractivity contribution in [2.45, 2.75) is 58.2 Å². The average Bonchev–Trinajstić information content (AvgIpc) is 3.38. The smallest absolute Gasteiger partial charge is 0.240 e. The molecule has 6 heteroatoms. The van der Waals surface area contributed by atoms with Gasteiger partial charge in [0.25, 0.3) is 0 Å². The molecule has 28 heavy (non-hydrogen) atoms. The number of likely N-dealkylation sites (tertiary alicyclic amines) is 1. The molecule has 0 aromatic heterocycles. The lowest BCUT2D eigenvalue weighted by Gasteiger charge is -2.38. The molecule has 1 aromatic rings. The Morgan fingerprint density at radius 2 is 1.71 bits per heavy atom. The highest BCUT2D eigenvalue weighted by atomic mass is 16.7. The molecular formula is C22H30N2O4. The van der Waals surface area contributed by atoms with Crippen LogP contribution in [0, 0.1) is 12.3 Å². The quantitative estimate of drug-likeness (QED) is 0.807. The Morgan fingerprint density at radius 3 is 2.29 bits per heavy atom. The van der Waals surface area contributed by atoms with Crippen molar-refractivity contribution in [2.75, 3.05) is 31.6 Å². The number of nitrogens with one attached hydrogen (secondary N) is 1. The molecule has 4 rings (SSSR count). The van der Waals surface area contributed by atoms with Crippen molar-refractivity contribution in [3.63, 3.8) is 0 Å². The third-order valence-corrected chi connectivity index (χ3v) is 6.39. The van der Waals surface area contributed by atoms with E-state index in [9.17, 15) is 9.59 Å². The summed E-state index contributed by atoms with van der Waals surface area (Å²) in [6, 6.07) is 6.05. The molecule has 1 spiro atoms. The highest BCUT2D eigenvalue weighted by molar-refractivity contribution is 6.13. The average molecular weight is 386 g/mol. The van der Waals surface area contributed by atoms with E-state index in [-0.39, 0.29) is 11.8 Å². The molecule has 3 fully saturated rings. The minimum atomic E-state index is -0.904. The van der Waals surface area contributed by atoms with Gasteiger partial charge in [-0.2, -0.15) is 0 Å². The molecule has 1 aliphatic carbocycles. The molecule has 0 unspecified atom stereocenters. The van der Waals surface area contributed by atoms with Crippen LogP contribution in [0.1, 0.15) is 56.6 Å². The SMILES string of the molecule is Cc1cccc(C(C)C)c1NC(=O)C1(C(=O)N2CCC3(CC2)OCCO3)CC1. The predicted molar refractivity (Wildman–Crippen MR) is 106 cm³/mol. The molecule has 1 saturated carbocycles. The first-order chi connectivity index (χ1) is 13.4. The number of amides is 2. The van der Waals surface area contributed by atoms with E-state index in [4.69, 9.17) is 9.47 Å². The minimum Gasteiger partial charge on any atom is -0.347 e. The number of hydrogen-bond acceptors (Lipinski definition) is 4. The van der Waals surface area contributed by atoms with Gasteiger partial charge in [0.05, 0.1) is 13.2 Å². The summed E-state index contributed by atoms with van der Waals surface area (Å²) < 4.78 is 11.5. The molecule has 0 radical (unpaired) electrons. The molecule has 2 saturated heterocycles. The fourth-order valence-electron chi connectivity index (χ4n) is 4.38. The summed E-state index contributed by atoms with van der Waals surface area (Å²) in [7, 11) is 0. The van der Waals surface area contributed by atoms with Gasteiger partial charge in [-0.25, -0.2) is 0 Å². The van der Waals surface area contributed by atoms with Gasteiger partial charge in [0.2, 0.25) is 11.8 Å². The third kappa shape index (κ3) is 3.33. The lowest BCUT2D eigenvalue weighted by atomic mass is 9.96. The lowest BCUT2D eigenvalue weighted by molar-refractivity contribution is -0.188. The molecule has 2 amide bonds. The summed E-state index contributed by atoms with van der Waals surface area (Å²) in [4.78, 5) is 28.2. The maximum Gasteiger partial charge on any atom is 0.240 e. The van der Waals surface area contributed by atoms with Crippen molar-refractivity contribution in [2.24, 2.45) is 5.41 Å². The van der Waals surface area contributed by atoms with Crippen LogP contribution in [0.3, 0.4) is 0 Å². The summed E-state index contributed by atoms with van der Waals surface area (Å²) in [5, 5.41) is 3.10. The van der Waals surface area contributed by atoms with Gasteiger partial charge < -0.3 is 19.7 Å². The molecule has 2 aliphatic heterocycles. The van der Waals surface area contributed by atoms with Crippen LogP contribution in [0.4, 0.5) is 5.69 Å². The number of carbonyl (C=O) groups excluding carboxylic acids is 2. The standard InChI is InChI=1S/C22H30N2O4/c1-15(2)17-6-4-5-16(3)18(17)23-19(25)21(7-8-21)20(26)24-11-9-22(10-12-24)27-13-14-28-22/h4-6,15H,7-14H2,1-3H3,(H,23,25). The molecule has 152 valence electrons. The van der Waals surface area contributed by atoms with Crippen LogP contribution in [-0.4, -0.2) is 48.8 Å². The number of para-hydroxylation sites is 1. The van der Waals surface area contributed by atoms with E-state index >= 15 is 0 Å². The van der Waals surface area contributed by atoms with Crippen LogP contribution in [0.15, 0.2) is 18.2 Å². The zero-order valence-corrected chi connectivity index (χ0v) is 17.0. The maximum absolute atomic E-state index is 13.2. The molecular weight excluding hydrogens is 356 g/mol. The number of rotatable bonds is 4. The fourth-order valence-corrected chi connectivity index (χ4v) is 4.38. The van der Waals surface area contributed by atoms with Crippen molar-refractivity contribution in [3.05, 3.63) is 29.3 Å². The van der Waals surface area contributed by atoms with Gasteiger partial charge in [0.15, 0.2) is 5.79 Å². The number of piperidine rings is 1. The zero-order valence-electron chi connectivity index (χ0n) is 17.0. The Morgan fingerprint density at radius 1 is 1.07 bits per heavy atom. The van der Waals surface area contributed by atoms with Crippen molar-refractivity contribution in [1.82, 2.24) is 4.90 Å². The van der Waals surface area contributed by atoms with Gasteiger partial charge in [-0.15, -0.1) is 0 Å². The van der Waals surface area contributed by atoms with Gasteiger partial charge in [-0.1, -0.05) is 32.0 Å². The van der Waals surface area contributed by atoms with Crippen molar-refractivity contribution < 1.29 is 19.1 Å². The number of carbonyl (C=O) groups is 2. The second-order valence-corrected chi connectivity index (χ2v) is 8.63. The second kappa shape index (κ2) is 7.16. The molecule has 0 atom stereocenters. The topological polar surface area (TPSA) is 67.9 Å². The Bertz CT molecular complexity index is 769. The highest BCUT2D eigenvalue weighted by Crippen LogP contribution is 2.49. The molecule has 1 N–H and O–H groups in total. The van der Waals surface area contributed by atoms with Gasteiger partial charge >= 0.3 is 0 Å². The summed E-state index contributed by atoms with van der Waals surface area (Å²) in [6.45, 7) is 8.61. The zero-order chi connectivity index (χ0) is 19.9. The lowest BCUT2D eigenvalue weighted by Crippen LogP contribution is -2.51. The molecule has 1 aromatic carbocycles. The molecule has 3 aliphatic rings. The number of nitrogens with zero attached hydrogens (tertiary/aromatic N) is 1. The number of hydrogen-bond donors (Lipinski definition) is 1. The van der Waals surface area contributed by atoms with Crippen molar-refractivity contribution >= 4 is 17.5 Å². The number of aryl methyl sites for hydroxylation is 1. The predicted octanol–water partition coefficient (Wildman–Crippen LogP) is 3.20. The molecule has 6 nitrogen and oxygen atoms in total. The van der Waals surface area contributed by atoms with Crippen LogP contribution >= 0.6 is 0 Å². The number of anilines is 1. The summed E-state index contributed by atoms with van der Waals surface area (Å²) in [5.74, 6) is -0.422. The summed E-state index contributed by atoms with van der Waals surface area (Å²) >= 11 is 0. The van der Waals surface area contributed by atoms with E-state index in [1.165, 1.54) is 0 Å². The minimum absolute atomic E-state index is 0.0440. The van der Waals surface area contributed by atoms with Crippen LogP contribution < -0.4 is 5.32 Å². The van der Waals surface area contributed by atoms with Crippen LogP contribution in [-0.2, 0) is 19.1 Å². The van der Waals surface area contributed by atoms with E-state index in [0.717, 1.165) is 16.8 Å². The van der Waals surface area contributed by atoms with Gasteiger partial charge in [0, 0.05) is 31.6 Å². The van der Waals surface area contributed by atoms with Gasteiger partial charge in [-0.3, -0.25) is 9.59 Å². The van der Waals surface area contributed by atoms with Gasteiger partial charge in [-0.05, 0) is 36.8 Å². The largest absolute Gasteiger partial charge is 0.347 e. The monoisotopic (exact) mass is 386 g/mol. The fraction of sp³-hybridized carbons (Fsp3) is 0.636. The Hall–Kier alpha value is -1.92. The normalized spacial score (nSPS) is 22.5. The van der Waals surface area contributed by atoms with Gasteiger partial charge in [0.1, 0.15) is 5.41 Å². The summed E-state index contributed by atoms with van der Waals surface area (Å²) in [6.07, 6.45) is 2.59. The van der Waals surface area contributed by atoms with E-state index in [2.05, 4.69) is 19.2 Å². The Labute approximate surface area is 166 Å². The second-order valence-electron chi connectivity index (χ2n) is 8.63. The van der Waals surface area contributed by atoms with Crippen LogP contribution in [0.5, 0.6) is 0 Å². The van der Waals surface area contributed by atoms with Crippen molar-refractivity contribution in [1.29, 1.82) is 0 Å². The first kappa shape index (κ1) is 19.4. The first-order valence-corrected chi connectivity index (χ1v) is 10.4. The summed E-state index contributed by atoms with van der Waals surface area (Å²) in [5.41, 5.74) is 2.08. The number of ether oxygens (including phenoxy) is 2. The molecule has 2 heterocycles. The number of benzene rings is 1. The highest BCUT2D eigenvalue weighted by Gasteiger charge is 2.59. The van der Waals surface area contributed by atoms with Crippen molar-refractivity contribution in [3.8, 4) is 0 Å².